The van der Waals surface area contributed by atoms with Gasteiger partial charge in [-0.3, -0.25) is 9.09 Å². The van der Waals surface area contributed by atoms with Crippen molar-refractivity contribution in [2.24, 2.45) is 0 Å². The lowest BCUT2D eigenvalue weighted by atomic mass is 9.96. The molecule has 2 rings (SSSR count). The van der Waals surface area contributed by atoms with E-state index in [2.05, 4.69) is 18.1 Å². The summed E-state index contributed by atoms with van der Waals surface area (Å²) in [5.41, 5.74) is 0.0825. The lowest BCUT2D eigenvalue weighted by Crippen LogP contribution is -2.48. The van der Waals surface area contributed by atoms with Crippen molar-refractivity contribution in [3.8, 4) is 0 Å². The maximum atomic E-state index is 15.2. The van der Waals surface area contributed by atoms with Crippen LogP contribution in [0.4, 0.5) is 10.2 Å². The Labute approximate surface area is 189 Å². The van der Waals surface area contributed by atoms with Crippen LogP contribution >= 0.6 is 35.2 Å². The molecule has 190 valence electrons. The predicted octanol–water partition coefficient (Wildman–Crippen LogP) is -0.328. The third kappa shape index (κ3) is 6.70. The van der Waals surface area contributed by atoms with Crippen molar-refractivity contribution in [2.45, 2.75) is 30.5 Å². The van der Waals surface area contributed by atoms with E-state index in [1.165, 1.54) is 6.26 Å². The summed E-state index contributed by atoms with van der Waals surface area (Å²) in [4.78, 5) is 51.7. The summed E-state index contributed by atoms with van der Waals surface area (Å²) < 4.78 is 67.6. The van der Waals surface area contributed by atoms with Gasteiger partial charge in [0.15, 0.2) is 11.9 Å². The topological polar surface area (TPSA) is 250 Å². The van der Waals surface area contributed by atoms with Crippen LogP contribution in [0.1, 0.15) is 6.92 Å². The molecule has 0 spiro atoms. The van der Waals surface area contributed by atoms with Gasteiger partial charge in [-0.25, -0.2) is 22.9 Å². The first-order valence-corrected chi connectivity index (χ1v) is 14.4. The standard InChI is InChI=1S/C12H21FN3O13P3S/c1-11(16-4-3-7(14)15-10(16)18)8(13)9(17)12(27-11,6-33-2)5-26-31(22,23)29-32(24,25)28-30(19,20)21/h3-4,8-9,17H,5-6H2,1-2H3,(H,22,23)(H,24,25)(H2,14,15,18)(H2,19,20,21)/t8-,9+,11-,12+/m1/s1. The third-order valence-corrected chi connectivity index (χ3v) is 8.88. The monoisotopic (exact) mass is 559 g/mol. The number of aliphatic hydroxyl groups excluding tert-OH is 1. The molecular weight excluding hydrogens is 538 g/mol. The highest BCUT2D eigenvalue weighted by molar-refractivity contribution is 7.98. The van der Waals surface area contributed by atoms with E-state index in [9.17, 15) is 33.4 Å². The Morgan fingerprint density at radius 3 is 2.39 bits per heavy atom. The Morgan fingerprint density at radius 1 is 1.27 bits per heavy atom. The molecule has 0 aromatic carbocycles. The zero-order valence-corrected chi connectivity index (χ0v) is 20.3. The lowest BCUT2D eigenvalue weighted by Gasteiger charge is -2.33. The summed E-state index contributed by atoms with van der Waals surface area (Å²) in [7, 11) is -17.0. The van der Waals surface area contributed by atoms with Gasteiger partial charge in [0.25, 0.3) is 0 Å². The van der Waals surface area contributed by atoms with Gasteiger partial charge < -0.3 is 35.2 Å². The molecular formula is C12H21FN3O13P3S. The van der Waals surface area contributed by atoms with Gasteiger partial charge in [-0.2, -0.15) is 25.4 Å². The Morgan fingerprint density at radius 2 is 1.88 bits per heavy atom. The summed E-state index contributed by atoms with van der Waals surface area (Å²) >= 11 is 0.979. The van der Waals surface area contributed by atoms with Gasteiger partial charge in [0.05, 0.1) is 6.61 Å². The van der Waals surface area contributed by atoms with Crippen molar-refractivity contribution in [1.82, 2.24) is 9.55 Å². The number of thioether (sulfide) groups is 1. The van der Waals surface area contributed by atoms with E-state index in [4.69, 9.17) is 20.3 Å². The van der Waals surface area contributed by atoms with Crippen LogP contribution in [0.15, 0.2) is 17.1 Å². The predicted molar refractivity (Wildman–Crippen MR) is 109 cm³/mol. The van der Waals surface area contributed by atoms with E-state index in [0.717, 1.165) is 30.9 Å². The summed E-state index contributed by atoms with van der Waals surface area (Å²) in [5.74, 6) is -0.450. The van der Waals surface area contributed by atoms with E-state index >= 15 is 4.39 Å². The average molecular weight is 559 g/mol. The van der Waals surface area contributed by atoms with Gasteiger partial charge in [-0.05, 0) is 19.2 Å². The van der Waals surface area contributed by atoms with Crippen LogP contribution in [0.25, 0.3) is 0 Å². The van der Waals surface area contributed by atoms with Crippen molar-refractivity contribution >= 4 is 41.0 Å². The summed E-state index contributed by atoms with van der Waals surface area (Å²) in [6.45, 7) is -0.0427. The minimum atomic E-state index is -5.80. The Hall–Kier alpha value is -0.710. The van der Waals surface area contributed by atoms with Crippen molar-refractivity contribution in [3.63, 3.8) is 0 Å². The van der Waals surface area contributed by atoms with Crippen LogP contribution in [0.3, 0.4) is 0 Å². The molecule has 1 aliphatic heterocycles. The maximum absolute atomic E-state index is 15.2. The zero-order chi connectivity index (χ0) is 25.5. The molecule has 16 nitrogen and oxygen atoms in total. The fourth-order valence-electron chi connectivity index (χ4n) is 3.03. The van der Waals surface area contributed by atoms with Crippen molar-refractivity contribution in [3.05, 3.63) is 22.7 Å². The number of phosphoric ester groups is 1. The minimum absolute atomic E-state index is 0.170. The number of nitrogens with zero attached hydrogens (tertiary/aromatic N) is 2. The van der Waals surface area contributed by atoms with Crippen LogP contribution in [0.5, 0.6) is 0 Å². The maximum Gasteiger partial charge on any atom is 0.490 e. The highest BCUT2D eigenvalue weighted by Crippen LogP contribution is 2.66. The SMILES string of the molecule is CSC[C@]1(COP(=O)(O)OP(=O)(O)OP(=O)(O)O)O[C@@](C)(n2ccc(N)nc2=O)[C@H](F)[C@@H]1O. The van der Waals surface area contributed by atoms with Gasteiger partial charge in [-0.15, -0.1) is 0 Å². The number of alkyl halides is 1. The average Bonchev–Trinajstić information content (AvgIpc) is 2.79. The molecule has 1 aromatic heterocycles. The first kappa shape index (κ1) is 28.5. The Bertz CT molecular complexity index is 1090. The van der Waals surface area contributed by atoms with Gasteiger partial charge in [-0.1, -0.05) is 0 Å². The molecule has 2 heterocycles. The number of anilines is 1. The molecule has 0 saturated carbocycles. The first-order valence-electron chi connectivity index (χ1n) is 8.52. The summed E-state index contributed by atoms with van der Waals surface area (Å²) in [6, 6.07) is 1.16. The van der Waals surface area contributed by atoms with E-state index in [0.29, 0.717) is 4.57 Å². The minimum Gasteiger partial charge on any atom is -0.387 e. The molecule has 1 fully saturated rings. The molecule has 1 aromatic rings. The highest BCUT2D eigenvalue weighted by Gasteiger charge is 2.63. The number of aromatic nitrogens is 2. The Kier molecular flexibility index (Phi) is 8.42. The lowest BCUT2D eigenvalue weighted by molar-refractivity contribution is -0.165. The number of rotatable bonds is 10. The molecule has 2 unspecified atom stereocenters. The zero-order valence-electron chi connectivity index (χ0n) is 16.8. The molecule has 7 N–H and O–H groups in total. The van der Waals surface area contributed by atoms with Crippen LogP contribution in [-0.4, -0.2) is 70.7 Å². The molecule has 0 amide bonds. The smallest absolute Gasteiger partial charge is 0.387 e. The summed E-state index contributed by atoms with van der Waals surface area (Å²) in [6.07, 6.45) is -1.81. The molecule has 0 bridgehead atoms. The number of aliphatic hydroxyl groups is 1. The highest BCUT2D eigenvalue weighted by atomic mass is 32.2. The number of halogens is 1. The number of ether oxygens (including phenoxy) is 1. The van der Waals surface area contributed by atoms with Gasteiger partial charge in [0.2, 0.25) is 0 Å². The molecule has 6 atom stereocenters. The van der Waals surface area contributed by atoms with Gasteiger partial charge >= 0.3 is 29.2 Å². The fraction of sp³-hybridized carbons (Fsp3) is 0.667. The second kappa shape index (κ2) is 9.74. The van der Waals surface area contributed by atoms with E-state index < -0.39 is 59.4 Å². The van der Waals surface area contributed by atoms with Crippen LogP contribution in [0.2, 0.25) is 0 Å². The molecule has 0 aliphatic carbocycles. The van der Waals surface area contributed by atoms with Gasteiger partial charge in [0, 0.05) is 11.9 Å². The van der Waals surface area contributed by atoms with Crippen molar-refractivity contribution in [1.29, 1.82) is 0 Å². The number of nitrogen functional groups attached to an aromatic ring is 1. The largest absolute Gasteiger partial charge is 0.490 e. The van der Waals surface area contributed by atoms with Crippen molar-refractivity contribution in [2.75, 3.05) is 24.3 Å². The number of phosphoric acid groups is 3. The van der Waals surface area contributed by atoms with Crippen LogP contribution in [0, 0.1) is 0 Å². The fourth-order valence-corrected chi connectivity index (χ4v) is 6.91. The molecule has 33 heavy (non-hydrogen) atoms. The normalized spacial score (nSPS) is 31.8. The van der Waals surface area contributed by atoms with Gasteiger partial charge in [0.1, 0.15) is 17.5 Å². The molecule has 1 saturated heterocycles. The Balaban J connectivity index is 2.32. The quantitative estimate of drug-likeness (QED) is 0.201. The van der Waals surface area contributed by atoms with E-state index in [1.54, 1.807) is 0 Å². The van der Waals surface area contributed by atoms with E-state index in [1.807, 2.05) is 0 Å². The van der Waals surface area contributed by atoms with Crippen LogP contribution < -0.4 is 11.4 Å². The number of hydrogen-bond acceptors (Lipinski definition) is 12. The second-order valence-electron chi connectivity index (χ2n) is 6.87. The molecule has 0 radical (unpaired) electrons. The number of nitrogens with two attached hydrogens (primary N) is 1. The van der Waals surface area contributed by atoms with Crippen LogP contribution in [-0.2, 0) is 37.3 Å². The molecule has 21 heteroatoms. The van der Waals surface area contributed by atoms with E-state index in [-0.39, 0.29) is 11.6 Å². The summed E-state index contributed by atoms with van der Waals surface area (Å²) in [5, 5.41) is 10.6. The number of hydrogen-bond donors (Lipinski definition) is 6. The van der Waals surface area contributed by atoms with Crippen molar-refractivity contribution < 1.29 is 60.6 Å². The third-order valence-electron chi connectivity index (χ3n) is 4.32. The first-order chi connectivity index (χ1) is 14.9. The second-order valence-corrected chi connectivity index (χ2v) is 12.2. The molecule has 1 aliphatic rings.